The van der Waals surface area contributed by atoms with Crippen molar-refractivity contribution in [2.45, 2.75) is 51.5 Å². The molecule has 1 N–H and O–H groups in total. The largest absolute Gasteiger partial charge is 0.459 e. The minimum absolute atomic E-state index is 0.185. The minimum Gasteiger partial charge on any atom is -0.459 e. The number of likely N-dealkylation sites (tertiary alicyclic amines) is 1. The Morgan fingerprint density at radius 2 is 1.94 bits per heavy atom. The Hall–Kier alpha value is -2.44. The summed E-state index contributed by atoms with van der Waals surface area (Å²) in [5.74, 6) is 0.531. The van der Waals surface area contributed by atoms with Gasteiger partial charge in [0.05, 0.1) is 12.3 Å². The van der Waals surface area contributed by atoms with Gasteiger partial charge in [0.25, 0.3) is 5.91 Å². The number of thiophene rings is 1. The lowest BCUT2D eigenvalue weighted by molar-refractivity contribution is 0.0996. The van der Waals surface area contributed by atoms with Crippen molar-refractivity contribution in [2.24, 2.45) is 5.92 Å². The predicted octanol–water partition coefficient (Wildman–Crippen LogP) is 6.43. The smallest absolute Gasteiger partial charge is 0.291 e. The molecule has 2 aliphatic rings. The molecule has 3 aromatic rings. The van der Waals surface area contributed by atoms with E-state index in [-0.39, 0.29) is 23.5 Å². The number of nitrogens with one attached hydrogen (secondary N) is 1. The second kappa shape index (κ2) is 9.20. The molecule has 0 unspecified atom stereocenters. The molecule has 32 heavy (non-hydrogen) atoms. The van der Waals surface area contributed by atoms with Gasteiger partial charge in [-0.25, -0.2) is 4.39 Å². The van der Waals surface area contributed by atoms with Crippen LogP contribution in [0, 0.1) is 11.7 Å². The second-order valence-electron chi connectivity index (χ2n) is 9.03. The quantitative estimate of drug-likeness (QED) is 0.485. The number of hydrogen-bond acceptors (Lipinski definition) is 4. The van der Waals surface area contributed by atoms with Crippen molar-refractivity contribution < 1.29 is 13.6 Å². The Morgan fingerprint density at radius 1 is 1.16 bits per heavy atom. The summed E-state index contributed by atoms with van der Waals surface area (Å²) in [6.45, 7) is 4.14. The summed E-state index contributed by atoms with van der Waals surface area (Å²) in [5.41, 5.74) is 3.09. The number of benzene rings is 1. The standard InChI is InChI=1S/C26H29FN2O2S/c1-17-12-14-29(15-13-17)24(18-7-2-4-9-20(18)27)23-19-8-3-5-11-22(19)32-26(23)28-25(30)21-10-6-16-31-21/h2,4,6-7,9-10,16-17,24H,3,5,8,11-15H2,1H3,(H,28,30)/t24-/m1/s1. The van der Waals surface area contributed by atoms with Crippen LogP contribution in [-0.4, -0.2) is 23.9 Å². The molecule has 1 amide bonds. The molecule has 5 rings (SSSR count). The number of aryl methyl sites for hydroxylation is 1. The summed E-state index contributed by atoms with van der Waals surface area (Å²) in [4.78, 5) is 16.6. The van der Waals surface area contributed by atoms with E-state index in [1.807, 2.05) is 12.1 Å². The lowest BCUT2D eigenvalue weighted by Crippen LogP contribution is -2.37. The molecule has 0 saturated carbocycles. The zero-order valence-electron chi connectivity index (χ0n) is 18.4. The fourth-order valence-corrected chi connectivity index (χ4v) is 6.38. The van der Waals surface area contributed by atoms with Gasteiger partial charge in [0.1, 0.15) is 10.8 Å². The van der Waals surface area contributed by atoms with E-state index in [9.17, 15) is 4.79 Å². The highest BCUT2D eigenvalue weighted by Crippen LogP contribution is 2.46. The summed E-state index contributed by atoms with van der Waals surface area (Å²) in [7, 11) is 0. The number of carbonyl (C=O) groups is 1. The first kappa shape index (κ1) is 21.4. The molecule has 0 spiro atoms. The average molecular weight is 453 g/mol. The number of amides is 1. The fraction of sp³-hybridized carbons (Fsp3) is 0.423. The summed E-state index contributed by atoms with van der Waals surface area (Å²) < 4.78 is 20.5. The third-order valence-corrected chi connectivity index (χ3v) is 8.06. The number of rotatable bonds is 5. The number of halogens is 1. The van der Waals surface area contributed by atoms with Crippen molar-refractivity contribution >= 4 is 22.2 Å². The van der Waals surface area contributed by atoms with Crippen LogP contribution in [-0.2, 0) is 12.8 Å². The monoisotopic (exact) mass is 452 g/mol. The number of piperidine rings is 1. The molecule has 2 aromatic heterocycles. The third-order valence-electron chi connectivity index (χ3n) is 6.84. The number of anilines is 1. The molecule has 1 aromatic carbocycles. The molecule has 0 radical (unpaired) electrons. The van der Waals surface area contributed by atoms with E-state index in [0.717, 1.165) is 62.2 Å². The molecule has 1 atom stereocenters. The lowest BCUT2D eigenvalue weighted by Gasteiger charge is -2.38. The minimum atomic E-state index is -0.255. The molecule has 1 aliphatic heterocycles. The molecule has 168 valence electrons. The van der Waals surface area contributed by atoms with Gasteiger partial charge in [0.2, 0.25) is 0 Å². The summed E-state index contributed by atoms with van der Waals surface area (Å²) in [6, 6.07) is 10.3. The van der Waals surface area contributed by atoms with Gasteiger partial charge in [-0.05, 0) is 81.3 Å². The SMILES string of the molecule is CC1CCN([C@H](c2ccccc2F)c2c(NC(=O)c3ccco3)sc3c2CCCC3)CC1. The fourth-order valence-electron chi connectivity index (χ4n) is 5.06. The Balaban J connectivity index is 1.62. The van der Waals surface area contributed by atoms with E-state index in [0.29, 0.717) is 11.5 Å². The Morgan fingerprint density at radius 3 is 2.69 bits per heavy atom. The van der Waals surface area contributed by atoms with Crippen LogP contribution in [0.25, 0.3) is 0 Å². The molecule has 1 fully saturated rings. The van der Waals surface area contributed by atoms with Crippen molar-refractivity contribution in [1.82, 2.24) is 4.90 Å². The summed E-state index contributed by atoms with van der Waals surface area (Å²) >= 11 is 1.66. The summed E-state index contributed by atoms with van der Waals surface area (Å²) in [6.07, 6.45) is 7.99. The predicted molar refractivity (Wildman–Crippen MR) is 126 cm³/mol. The molecular formula is C26H29FN2O2S. The lowest BCUT2D eigenvalue weighted by atomic mass is 9.87. The Bertz CT molecular complexity index is 1080. The normalized spacial score (nSPS) is 18.3. The zero-order valence-corrected chi connectivity index (χ0v) is 19.2. The van der Waals surface area contributed by atoms with Gasteiger partial charge in [-0.2, -0.15) is 0 Å². The molecule has 1 saturated heterocycles. The van der Waals surface area contributed by atoms with Crippen LogP contribution in [0.15, 0.2) is 47.1 Å². The second-order valence-corrected chi connectivity index (χ2v) is 10.1. The maximum Gasteiger partial charge on any atom is 0.291 e. The van der Waals surface area contributed by atoms with Gasteiger partial charge in [-0.15, -0.1) is 11.3 Å². The van der Waals surface area contributed by atoms with Crippen molar-refractivity contribution in [3.05, 3.63) is 75.8 Å². The van der Waals surface area contributed by atoms with Crippen molar-refractivity contribution in [3.63, 3.8) is 0 Å². The van der Waals surface area contributed by atoms with E-state index in [2.05, 4.69) is 17.1 Å². The maximum absolute atomic E-state index is 15.2. The van der Waals surface area contributed by atoms with Gasteiger partial charge in [0, 0.05) is 16.0 Å². The number of nitrogens with zero attached hydrogens (tertiary/aromatic N) is 1. The number of hydrogen-bond donors (Lipinski definition) is 1. The van der Waals surface area contributed by atoms with E-state index in [4.69, 9.17) is 4.42 Å². The van der Waals surface area contributed by atoms with Crippen LogP contribution in [0.2, 0.25) is 0 Å². The molecule has 4 nitrogen and oxygen atoms in total. The van der Waals surface area contributed by atoms with Gasteiger partial charge < -0.3 is 9.73 Å². The van der Waals surface area contributed by atoms with Gasteiger partial charge in [-0.3, -0.25) is 9.69 Å². The third kappa shape index (κ3) is 4.14. The Labute approximate surface area is 192 Å². The van der Waals surface area contributed by atoms with Crippen molar-refractivity contribution in [1.29, 1.82) is 0 Å². The van der Waals surface area contributed by atoms with Crippen molar-refractivity contribution in [3.8, 4) is 0 Å². The molecule has 0 bridgehead atoms. The van der Waals surface area contributed by atoms with Crippen LogP contribution in [0.1, 0.15) is 70.8 Å². The van der Waals surface area contributed by atoms with Crippen LogP contribution in [0.4, 0.5) is 9.39 Å². The average Bonchev–Trinajstić information content (AvgIpc) is 3.45. The first-order valence-electron chi connectivity index (χ1n) is 11.6. The van der Waals surface area contributed by atoms with Crippen LogP contribution in [0.3, 0.4) is 0 Å². The highest BCUT2D eigenvalue weighted by atomic mass is 32.1. The zero-order chi connectivity index (χ0) is 22.1. The van der Waals surface area contributed by atoms with E-state index in [1.54, 1.807) is 35.6 Å². The van der Waals surface area contributed by atoms with Crippen molar-refractivity contribution in [2.75, 3.05) is 18.4 Å². The van der Waals surface area contributed by atoms with Crippen LogP contribution >= 0.6 is 11.3 Å². The molecule has 3 heterocycles. The molecule has 1 aliphatic carbocycles. The number of carbonyl (C=O) groups excluding carboxylic acids is 1. The topological polar surface area (TPSA) is 45.5 Å². The maximum atomic E-state index is 15.2. The first-order chi connectivity index (χ1) is 15.6. The van der Waals surface area contributed by atoms with E-state index in [1.165, 1.54) is 16.7 Å². The van der Waals surface area contributed by atoms with E-state index >= 15 is 4.39 Å². The van der Waals surface area contributed by atoms with Gasteiger partial charge >= 0.3 is 0 Å². The van der Waals surface area contributed by atoms with Crippen LogP contribution in [0.5, 0.6) is 0 Å². The van der Waals surface area contributed by atoms with Gasteiger partial charge in [-0.1, -0.05) is 25.1 Å². The number of fused-ring (bicyclic) bond motifs is 1. The molecular weight excluding hydrogens is 423 g/mol. The molecule has 6 heteroatoms. The Kier molecular flexibility index (Phi) is 6.15. The van der Waals surface area contributed by atoms with E-state index < -0.39 is 0 Å². The van der Waals surface area contributed by atoms with Crippen LogP contribution < -0.4 is 5.32 Å². The number of furan rings is 1. The van der Waals surface area contributed by atoms with Gasteiger partial charge in [0.15, 0.2) is 5.76 Å². The summed E-state index contributed by atoms with van der Waals surface area (Å²) in [5, 5.41) is 3.96. The highest BCUT2D eigenvalue weighted by molar-refractivity contribution is 7.16. The highest BCUT2D eigenvalue weighted by Gasteiger charge is 2.35. The first-order valence-corrected chi connectivity index (χ1v) is 12.4.